The van der Waals surface area contributed by atoms with Crippen LogP contribution in [-0.4, -0.2) is 175 Å². The van der Waals surface area contributed by atoms with Gasteiger partial charge in [0, 0.05) is 43.5 Å². The number of aliphatic hydroxyl groups excluding tert-OH is 1. The monoisotopic (exact) mass is 1040 g/mol. The summed E-state index contributed by atoms with van der Waals surface area (Å²) in [7, 11) is 0. The van der Waals surface area contributed by atoms with Gasteiger partial charge in [-0.25, -0.2) is 9.78 Å². The Labute approximate surface area is 426 Å². The zero-order valence-corrected chi connectivity index (χ0v) is 42.1. The number of hydrogen-bond donors (Lipinski definition) is 14. The average molecular weight is 1050 g/mol. The Morgan fingerprint density at radius 2 is 1.38 bits per heavy atom. The number of carbonyl (C=O) groups is 11. The quantitative estimate of drug-likeness (QED) is 0.0350. The number of hydrogen-bond acceptors (Lipinski definition) is 15. The highest BCUT2D eigenvalue weighted by Gasteiger charge is 2.40. The molecule has 1 fully saturated rings. The Bertz CT molecular complexity index is 2250. The maximum Gasteiger partial charge on any atom is 0.328 e. The molecule has 1 aliphatic rings. The number of benzene rings is 1. The Kier molecular flexibility index (Phi) is 24.2. The van der Waals surface area contributed by atoms with Gasteiger partial charge in [-0.2, -0.15) is 12.6 Å². The Morgan fingerprint density at radius 3 is 1.96 bits per heavy atom. The Morgan fingerprint density at radius 1 is 0.767 bits per heavy atom. The molecule has 1 aromatic carbocycles. The molecule has 0 radical (unpaired) electrons. The van der Waals surface area contributed by atoms with Gasteiger partial charge in [-0.15, -0.1) is 0 Å². The summed E-state index contributed by atoms with van der Waals surface area (Å²) < 4.78 is 0. The molecule has 1 aliphatic heterocycles. The summed E-state index contributed by atoms with van der Waals surface area (Å²) in [5, 5.41) is 48.4. The van der Waals surface area contributed by atoms with Crippen molar-refractivity contribution in [1.82, 2.24) is 57.4 Å². The molecule has 2 aromatic rings. The number of aromatic amines is 1. The molecule has 1 saturated heterocycles. The molecule has 0 aliphatic carbocycles. The van der Waals surface area contributed by atoms with E-state index < -0.39 is 144 Å². The first-order valence-corrected chi connectivity index (χ1v) is 24.3. The van der Waals surface area contributed by atoms with E-state index in [1.165, 1.54) is 38.2 Å². The molecule has 0 saturated carbocycles. The topological polar surface area (TPSA) is 403 Å². The van der Waals surface area contributed by atoms with Crippen molar-refractivity contribution < 1.29 is 68.1 Å². The number of aliphatic hydroxyl groups is 1. The molecule has 73 heavy (non-hydrogen) atoms. The molecule has 0 unspecified atom stereocenters. The molecular weight excluding hydrogens is 977 g/mol. The molecule has 0 spiro atoms. The first-order valence-electron chi connectivity index (χ1n) is 23.7. The molecule has 402 valence electrons. The number of aliphatic carboxylic acids is 2. The number of rotatable bonds is 29. The van der Waals surface area contributed by atoms with E-state index in [-0.39, 0.29) is 38.0 Å². The fraction of sp³-hybridized carbons (Fsp3) is 0.565. The van der Waals surface area contributed by atoms with Crippen LogP contribution in [0.1, 0.15) is 78.0 Å². The summed E-state index contributed by atoms with van der Waals surface area (Å²) >= 11 is 4.28. The second kappa shape index (κ2) is 29.4. The molecule has 14 N–H and O–H groups in total. The first kappa shape index (κ1) is 60.2. The average Bonchev–Trinajstić information content (AvgIpc) is 4.06. The van der Waals surface area contributed by atoms with Crippen molar-refractivity contribution in [3.8, 4) is 0 Å². The summed E-state index contributed by atoms with van der Waals surface area (Å²) in [5.41, 5.74) is 6.58. The lowest BCUT2D eigenvalue weighted by Crippen LogP contribution is -2.61. The maximum absolute atomic E-state index is 14.3. The van der Waals surface area contributed by atoms with Crippen LogP contribution in [0.5, 0.6) is 0 Å². The van der Waals surface area contributed by atoms with Gasteiger partial charge in [-0.05, 0) is 51.5 Å². The van der Waals surface area contributed by atoms with Gasteiger partial charge < -0.3 is 73.5 Å². The summed E-state index contributed by atoms with van der Waals surface area (Å²) in [6.07, 6.45) is 1.16. The minimum absolute atomic E-state index is 0.0806. The van der Waals surface area contributed by atoms with E-state index in [0.29, 0.717) is 24.1 Å². The molecule has 9 amide bonds. The van der Waals surface area contributed by atoms with E-state index in [4.69, 9.17) is 10.8 Å². The van der Waals surface area contributed by atoms with Gasteiger partial charge in [-0.1, -0.05) is 50.6 Å². The van der Waals surface area contributed by atoms with Gasteiger partial charge in [0.1, 0.15) is 42.3 Å². The standard InChI is InChI=1S/C46H68N12O14S/c1-6-23(2)36(44(69)54-31(18-28-19-48-22-50-28)41(66)55-32(21-73)45(70)58-16-10-13-33(58)43(68)57-37(26(5)59)46(71)72)56-42(67)30(17-27-11-8-7-9-12-27)52-34(60)20-49-39(64)25(4)51-40(65)29(14-15-35(61)62)53-38(63)24(3)47/h7-9,11-12,19,22-26,29-33,36-37,59,73H,6,10,13-18,20-21,47H2,1-5H3,(H,48,50)(H,49,64)(H,51,65)(H,52,60)(H,53,63)(H,54,69)(H,55,66)(H,56,67)(H,57,68)(H,61,62)(H,71,72)/t23-,24-,25-,26+,29-,30-,31-,32-,33-,36-,37-/m0/s1. The van der Waals surface area contributed by atoms with E-state index in [2.05, 4.69) is 65.1 Å². The number of nitrogens with two attached hydrogens (primary N) is 1. The fourth-order valence-electron chi connectivity index (χ4n) is 7.49. The third-order valence-electron chi connectivity index (χ3n) is 11.9. The third kappa shape index (κ3) is 19.1. The largest absolute Gasteiger partial charge is 0.481 e. The highest BCUT2D eigenvalue weighted by atomic mass is 32.1. The number of likely N-dealkylation sites (tertiary alicyclic amines) is 1. The summed E-state index contributed by atoms with van der Waals surface area (Å²) in [6.45, 7) is 6.67. The van der Waals surface area contributed by atoms with Gasteiger partial charge in [0.05, 0.1) is 25.0 Å². The molecule has 27 heteroatoms. The number of carboxylic acid groups (broad SMARTS) is 2. The van der Waals surface area contributed by atoms with Crippen molar-refractivity contribution in [3.63, 3.8) is 0 Å². The number of carboxylic acids is 2. The van der Waals surface area contributed by atoms with E-state index in [1.807, 2.05) is 0 Å². The predicted molar refractivity (Wildman–Crippen MR) is 263 cm³/mol. The zero-order chi connectivity index (χ0) is 54.5. The van der Waals surface area contributed by atoms with Crippen molar-refractivity contribution in [1.29, 1.82) is 0 Å². The second-order valence-corrected chi connectivity index (χ2v) is 18.1. The van der Waals surface area contributed by atoms with Crippen LogP contribution in [0.25, 0.3) is 0 Å². The lowest BCUT2D eigenvalue weighted by molar-refractivity contribution is -0.147. The van der Waals surface area contributed by atoms with Gasteiger partial charge in [0.2, 0.25) is 53.2 Å². The molecule has 26 nitrogen and oxygen atoms in total. The number of imidazole rings is 1. The van der Waals surface area contributed by atoms with Crippen molar-refractivity contribution in [3.05, 3.63) is 54.1 Å². The van der Waals surface area contributed by atoms with Crippen LogP contribution in [-0.2, 0) is 65.6 Å². The van der Waals surface area contributed by atoms with E-state index in [9.17, 15) is 63.0 Å². The van der Waals surface area contributed by atoms with E-state index in [1.54, 1.807) is 44.2 Å². The Hall–Kier alpha value is -7.13. The van der Waals surface area contributed by atoms with Gasteiger partial charge in [0.15, 0.2) is 6.04 Å². The predicted octanol–water partition coefficient (Wildman–Crippen LogP) is -3.63. The molecule has 11 atom stereocenters. The SMILES string of the molecule is CC[C@H](C)[C@H](NC(=O)[C@H](Cc1ccccc1)NC(=O)CNC(=O)[C@H](C)NC(=O)[C@H](CCC(=O)O)NC(=O)[C@H](C)N)C(=O)N[C@@H](Cc1cnc[nH]1)C(=O)N[C@@H](CS)C(=O)N1CCC[C@H]1C(=O)N[C@H](C(=O)O)[C@@H](C)O. The number of aromatic nitrogens is 2. The molecule has 1 aromatic heterocycles. The lowest BCUT2D eigenvalue weighted by atomic mass is 9.96. The number of carbonyl (C=O) groups excluding carboxylic acids is 9. The number of nitrogens with one attached hydrogen (secondary N) is 9. The number of amides is 9. The van der Waals surface area contributed by atoms with Gasteiger partial charge in [-0.3, -0.25) is 47.9 Å². The van der Waals surface area contributed by atoms with Crippen molar-refractivity contribution in [2.45, 2.75) is 140 Å². The summed E-state index contributed by atoms with van der Waals surface area (Å²) in [5.74, 6) is -10.8. The van der Waals surface area contributed by atoms with Crippen LogP contribution >= 0.6 is 12.6 Å². The highest BCUT2D eigenvalue weighted by Crippen LogP contribution is 2.20. The van der Waals surface area contributed by atoms with Crippen LogP contribution in [0, 0.1) is 5.92 Å². The highest BCUT2D eigenvalue weighted by molar-refractivity contribution is 7.80. The minimum Gasteiger partial charge on any atom is -0.481 e. The van der Waals surface area contributed by atoms with Crippen molar-refractivity contribution >= 4 is 77.7 Å². The van der Waals surface area contributed by atoms with Gasteiger partial charge in [0.25, 0.3) is 0 Å². The van der Waals surface area contributed by atoms with Crippen LogP contribution < -0.4 is 48.3 Å². The zero-order valence-electron chi connectivity index (χ0n) is 41.2. The third-order valence-corrected chi connectivity index (χ3v) is 12.3. The van der Waals surface area contributed by atoms with Gasteiger partial charge >= 0.3 is 11.9 Å². The van der Waals surface area contributed by atoms with Crippen LogP contribution in [0.15, 0.2) is 42.9 Å². The maximum atomic E-state index is 14.3. The minimum atomic E-state index is -1.64. The number of thiol groups is 1. The molecular formula is C46H68N12O14S. The van der Waals surface area contributed by atoms with E-state index >= 15 is 0 Å². The van der Waals surface area contributed by atoms with Crippen LogP contribution in [0.4, 0.5) is 0 Å². The van der Waals surface area contributed by atoms with Crippen LogP contribution in [0.2, 0.25) is 0 Å². The molecule has 2 heterocycles. The normalized spacial score (nSPS) is 17.3. The number of nitrogens with zero attached hydrogens (tertiary/aromatic N) is 2. The summed E-state index contributed by atoms with van der Waals surface area (Å²) in [4.78, 5) is 152. The van der Waals surface area contributed by atoms with E-state index in [0.717, 1.165) is 0 Å². The van der Waals surface area contributed by atoms with Crippen molar-refractivity contribution in [2.75, 3.05) is 18.8 Å². The molecule has 3 rings (SSSR count). The molecule has 0 bridgehead atoms. The number of H-pyrrole nitrogens is 1. The Balaban J connectivity index is 1.78. The first-order chi connectivity index (χ1) is 34.5. The fourth-order valence-corrected chi connectivity index (χ4v) is 7.73. The second-order valence-electron chi connectivity index (χ2n) is 17.8. The van der Waals surface area contributed by atoms with Crippen molar-refractivity contribution in [2.24, 2.45) is 11.7 Å². The smallest absolute Gasteiger partial charge is 0.328 e. The lowest BCUT2D eigenvalue weighted by Gasteiger charge is -2.31. The summed E-state index contributed by atoms with van der Waals surface area (Å²) in [6, 6.07) is -3.23. The van der Waals surface area contributed by atoms with Crippen LogP contribution in [0.3, 0.4) is 0 Å².